The molecule has 2 unspecified atom stereocenters. The molecule has 3 heteroatoms. The molecule has 1 saturated carbocycles. The van der Waals surface area contributed by atoms with E-state index in [1.165, 1.54) is 0 Å². The van der Waals surface area contributed by atoms with E-state index in [0.717, 1.165) is 24.9 Å². The number of hydrogen-bond donors (Lipinski definition) is 2. The summed E-state index contributed by atoms with van der Waals surface area (Å²) in [5, 5.41) is 21.7. The first-order valence-corrected chi connectivity index (χ1v) is 5.24. The molecule has 2 atom stereocenters. The molecular formula is C12H14N2O. The minimum atomic E-state index is -0.254. The lowest BCUT2D eigenvalue weighted by molar-refractivity contribution is 0.172. The molecule has 0 spiro atoms. The molecule has 2 rings (SSSR count). The third kappa shape index (κ3) is 2.28. The van der Waals surface area contributed by atoms with Crippen molar-refractivity contribution >= 4 is 5.69 Å². The molecule has 0 radical (unpaired) electrons. The lowest BCUT2D eigenvalue weighted by Crippen LogP contribution is -2.27. The molecule has 0 aromatic heterocycles. The maximum Gasteiger partial charge on any atom is 0.0992 e. The topological polar surface area (TPSA) is 56.0 Å². The number of benzene rings is 1. The van der Waals surface area contributed by atoms with Crippen LogP contribution in [0.3, 0.4) is 0 Å². The summed E-state index contributed by atoms with van der Waals surface area (Å²) in [5.74, 6) is 0. The Morgan fingerprint density at radius 1 is 1.40 bits per heavy atom. The highest BCUT2D eigenvalue weighted by atomic mass is 16.3. The number of nitrogens with one attached hydrogen (secondary N) is 1. The number of aliphatic hydroxyl groups is 1. The first-order chi connectivity index (χ1) is 7.29. The molecule has 1 aliphatic rings. The minimum absolute atomic E-state index is 0.138. The number of anilines is 1. The van der Waals surface area contributed by atoms with E-state index >= 15 is 0 Å². The van der Waals surface area contributed by atoms with Crippen LogP contribution in [-0.2, 0) is 0 Å². The number of rotatable bonds is 2. The summed E-state index contributed by atoms with van der Waals surface area (Å²) < 4.78 is 0. The quantitative estimate of drug-likeness (QED) is 0.770. The van der Waals surface area contributed by atoms with Crippen LogP contribution >= 0.6 is 0 Å². The van der Waals surface area contributed by atoms with Gasteiger partial charge in [-0.15, -0.1) is 0 Å². The predicted molar refractivity (Wildman–Crippen MR) is 58.4 cm³/mol. The Morgan fingerprint density at radius 3 is 2.93 bits per heavy atom. The maximum absolute atomic E-state index is 9.65. The van der Waals surface area contributed by atoms with Gasteiger partial charge in [0.05, 0.1) is 23.8 Å². The largest absolute Gasteiger partial charge is 0.391 e. The average Bonchev–Trinajstić information content (AvgIpc) is 2.65. The van der Waals surface area contributed by atoms with Gasteiger partial charge in [-0.2, -0.15) is 5.26 Å². The molecular weight excluding hydrogens is 188 g/mol. The van der Waals surface area contributed by atoms with Gasteiger partial charge in [-0.1, -0.05) is 6.07 Å². The van der Waals surface area contributed by atoms with Gasteiger partial charge < -0.3 is 10.4 Å². The van der Waals surface area contributed by atoms with Gasteiger partial charge in [-0.3, -0.25) is 0 Å². The van der Waals surface area contributed by atoms with Crippen LogP contribution in [0, 0.1) is 11.3 Å². The molecule has 1 aromatic carbocycles. The molecule has 3 nitrogen and oxygen atoms in total. The van der Waals surface area contributed by atoms with Crippen molar-refractivity contribution in [1.29, 1.82) is 5.26 Å². The molecule has 2 N–H and O–H groups in total. The molecule has 0 aliphatic heterocycles. The van der Waals surface area contributed by atoms with E-state index in [-0.39, 0.29) is 12.1 Å². The van der Waals surface area contributed by atoms with Crippen LogP contribution < -0.4 is 5.32 Å². The average molecular weight is 202 g/mol. The highest BCUT2D eigenvalue weighted by Gasteiger charge is 2.24. The molecule has 15 heavy (non-hydrogen) atoms. The summed E-state index contributed by atoms with van der Waals surface area (Å²) in [6, 6.07) is 9.60. The van der Waals surface area contributed by atoms with Gasteiger partial charge >= 0.3 is 0 Å². The maximum atomic E-state index is 9.65. The lowest BCUT2D eigenvalue weighted by Gasteiger charge is -2.17. The third-order valence-electron chi connectivity index (χ3n) is 2.82. The van der Waals surface area contributed by atoms with E-state index in [1.54, 1.807) is 6.07 Å². The molecule has 1 fully saturated rings. The van der Waals surface area contributed by atoms with Crippen LogP contribution in [0.5, 0.6) is 0 Å². The summed E-state index contributed by atoms with van der Waals surface area (Å²) in [4.78, 5) is 0. The van der Waals surface area contributed by atoms with E-state index in [4.69, 9.17) is 5.26 Å². The fourth-order valence-corrected chi connectivity index (χ4v) is 2.00. The number of nitriles is 1. The zero-order valence-corrected chi connectivity index (χ0v) is 8.48. The van der Waals surface area contributed by atoms with E-state index in [2.05, 4.69) is 11.4 Å². The second kappa shape index (κ2) is 4.33. The second-order valence-corrected chi connectivity index (χ2v) is 3.94. The molecule has 1 aromatic rings. The van der Waals surface area contributed by atoms with Crippen molar-refractivity contribution in [3.8, 4) is 6.07 Å². The van der Waals surface area contributed by atoms with Crippen molar-refractivity contribution in [3.63, 3.8) is 0 Å². The normalized spacial score (nSPS) is 24.8. The third-order valence-corrected chi connectivity index (χ3v) is 2.82. The molecule has 0 saturated heterocycles. The van der Waals surface area contributed by atoms with Crippen LogP contribution in [0.1, 0.15) is 24.8 Å². The number of aliphatic hydroxyl groups excluding tert-OH is 1. The summed E-state index contributed by atoms with van der Waals surface area (Å²) in [6.07, 6.45) is 2.68. The fraction of sp³-hybridized carbons (Fsp3) is 0.417. The van der Waals surface area contributed by atoms with Gasteiger partial charge in [0, 0.05) is 5.69 Å². The number of nitrogens with zero attached hydrogens (tertiary/aromatic N) is 1. The SMILES string of the molecule is N#Cc1cccc(NC2CCCC2O)c1. The summed E-state index contributed by atoms with van der Waals surface area (Å²) in [6.45, 7) is 0. The highest BCUT2D eigenvalue weighted by molar-refractivity contribution is 5.50. The molecule has 0 heterocycles. The Morgan fingerprint density at radius 2 is 2.27 bits per heavy atom. The van der Waals surface area contributed by atoms with E-state index in [0.29, 0.717) is 5.56 Å². The van der Waals surface area contributed by atoms with Gasteiger partial charge in [-0.25, -0.2) is 0 Å². The first-order valence-electron chi connectivity index (χ1n) is 5.24. The Balaban J connectivity index is 2.07. The Hall–Kier alpha value is -1.53. The van der Waals surface area contributed by atoms with Crippen LogP contribution in [0.15, 0.2) is 24.3 Å². The second-order valence-electron chi connectivity index (χ2n) is 3.94. The van der Waals surface area contributed by atoms with Gasteiger partial charge in [0.25, 0.3) is 0 Å². The van der Waals surface area contributed by atoms with Crippen molar-refractivity contribution in [2.75, 3.05) is 5.32 Å². The Labute approximate surface area is 89.4 Å². The highest BCUT2D eigenvalue weighted by Crippen LogP contribution is 2.23. The van der Waals surface area contributed by atoms with Crippen LogP contribution in [0.2, 0.25) is 0 Å². The van der Waals surface area contributed by atoms with Gasteiger partial charge in [-0.05, 0) is 37.5 Å². The number of hydrogen-bond acceptors (Lipinski definition) is 3. The van der Waals surface area contributed by atoms with Gasteiger partial charge in [0.2, 0.25) is 0 Å². The molecule has 78 valence electrons. The zero-order valence-electron chi connectivity index (χ0n) is 8.48. The Kier molecular flexibility index (Phi) is 2.89. The van der Waals surface area contributed by atoms with E-state index in [1.807, 2.05) is 18.2 Å². The molecule has 1 aliphatic carbocycles. The van der Waals surface area contributed by atoms with Crippen molar-refractivity contribution in [1.82, 2.24) is 0 Å². The van der Waals surface area contributed by atoms with Crippen LogP contribution in [-0.4, -0.2) is 17.3 Å². The minimum Gasteiger partial charge on any atom is -0.391 e. The van der Waals surface area contributed by atoms with Crippen molar-refractivity contribution < 1.29 is 5.11 Å². The summed E-state index contributed by atoms with van der Waals surface area (Å²) in [5.41, 5.74) is 1.56. The molecule has 0 bridgehead atoms. The monoisotopic (exact) mass is 202 g/mol. The van der Waals surface area contributed by atoms with Crippen molar-refractivity contribution in [2.24, 2.45) is 0 Å². The zero-order chi connectivity index (χ0) is 10.7. The predicted octanol–water partition coefficient (Wildman–Crippen LogP) is 1.88. The van der Waals surface area contributed by atoms with E-state index < -0.39 is 0 Å². The van der Waals surface area contributed by atoms with Gasteiger partial charge in [0.15, 0.2) is 0 Å². The van der Waals surface area contributed by atoms with Crippen molar-refractivity contribution in [2.45, 2.75) is 31.4 Å². The lowest BCUT2D eigenvalue weighted by atomic mass is 10.1. The summed E-state index contributed by atoms with van der Waals surface area (Å²) in [7, 11) is 0. The van der Waals surface area contributed by atoms with Crippen LogP contribution in [0.4, 0.5) is 5.69 Å². The smallest absolute Gasteiger partial charge is 0.0992 e. The van der Waals surface area contributed by atoms with Crippen LogP contribution in [0.25, 0.3) is 0 Å². The molecule has 0 amide bonds. The van der Waals surface area contributed by atoms with Gasteiger partial charge in [0.1, 0.15) is 0 Å². The van der Waals surface area contributed by atoms with Crippen molar-refractivity contribution in [3.05, 3.63) is 29.8 Å². The fourth-order valence-electron chi connectivity index (χ4n) is 2.00. The summed E-state index contributed by atoms with van der Waals surface area (Å²) >= 11 is 0. The standard InChI is InChI=1S/C12H14N2O/c13-8-9-3-1-4-10(7-9)14-11-5-2-6-12(11)15/h1,3-4,7,11-12,14-15H,2,5-6H2. The Bertz CT molecular complexity index is 383. The van der Waals surface area contributed by atoms with E-state index in [9.17, 15) is 5.11 Å². The first kappa shape index (κ1) is 10.0.